The molecule has 2 amide bonds. The summed E-state index contributed by atoms with van der Waals surface area (Å²) in [6, 6.07) is 17.7. The van der Waals surface area contributed by atoms with E-state index in [9.17, 15) is 9.59 Å². The fourth-order valence-corrected chi connectivity index (χ4v) is 5.05. The molecule has 0 bridgehead atoms. The number of halogens is 1. The van der Waals surface area contributed by atoms with Crippen LogP contribution in [0, 0.1) is 6.92 Å². The van der Waals surface area contributed by atoms with Gasteiger partial charge >= 0.3 is 0 Å². The minimum Gasteiger partial charge on any atom is -0.497 e. The number of rotatable bonds is 9. The molecule has 1 heterocycles. The summed E-state index contributed by atoms with van der Waals surface area (Å²) in [6.07, 6.45) is 1.75. The molecule has 0 spiro atoms. The van der Waals surface area contributed by atoms with E-state index in [-0.39, 0.29) is 18.4 Å². The Morgan fingerprint density at radius 2 is 1.84 bits per heavy atom. The van der Waals surface area contributed by atoms with Crippen molar-refractivity contribution in [1.29, 1.82) is 0 Å². The van der Waals surface area contributed by atoms with Gasteiger partial charge in [0.2, 0.25) is 0 Å². The maximum Gasteiger partial charge on any atom is 0.270 e. The number of benzene rings is 3. The number of nitrogens with one attached hydrogen (secondary N) is 1. The predicted molar refractivity (Wildman–Crippen MR) is 157 cm³/mol. The van der Waals surface area contributed by atoms with Crippen molar-refractivity contribution in [1.82, 2.24) is 0 Å². The molecule has 1 aliphatic heterocycles. The van der Waals surface area contributed by atoms with Crippen molar-refractivity contribution in [3.8, 4) is 17.2 Å². The van der Waals surface area contributed by atoms with Crippen LogP contribution < -0.4 is 24.4 Å². The summed E-state index contributed by atoms with van der Waals surface area (Å²) >= 11 is 12.9. The zero-order chi connectivity index (χ0) is 27.2. The second kappa shape index (κ2) is 12.3. The molecular weight excluding hydrogens is 544 g/mol. The summed E-state index contributed by atoms with van der Waals surface area (Å²) < 4.78 is 17.0. The quantitative estimate of drug-likeness (QED) is 0.234. The molecule has 0 unspecified atom stereocenters. The molecule has 3 aromatic carbocycles. The Labute approximate surface area is 235 Å². The fraction of sp³-hybridized carbons (Fsp3) is 0.179. The number of amides is 2. The molecule has 0 radical (unpaired) electrons. The topological polar surface area (TPSA) is 77.1 Å². The van der Waals surface area contributed by atoms with Gasteiger partial charge in [-0.05, 0) is 79.6 Å². The van der Waals surface area contributed by atoms with Gasteiger partial charge in [0.1, 0.15) is 5.75 Å². The average molecular weight is 569 g/mol. The van der Waals surface area contributed by atoms with Crippen LogP contribution in [0.3, 0.4) is 0 Å². The standard InChI is InChI=1S/C28H25ClN2O5S2/c1-4-35-24-13-18(6-12-23(24)36-16-26(32)30-19-7-10-21(34-3)11-8-19)14-25-27(33)31(28(37)38-25)20-9-5-17(2)22(29)15-20/h5-15H,4,16H2,1-3H3,(H,30,32)/b25-14-. The number of nitrogens with zero attached hydrogens (tertiary/aromatic N) is 1. The molecule has 1 fully saturated rings. The van der Waals surface area contributed by atoms with Crippen LogP contribution in [0.15, 0.2) is 65.6 Å². The van der Waals surface area contributed by atoms with E-state index in [4.69, 9.17) is 38.0 Å². The Hall–Kier alpha value is -3.53. The van der Waals surface area contributed by atoms with Crippen molar-refractivity contribution in [2.24, 2.45) is 0 Å². The van der Waals surface area contributed by atoms with Crippen LogP contribution in [0.5, 0.6) is 17.2 Å². The van der Waals surface area contributed by atoms with E-state index in [2.05, 4.69) is 5.32 Å². The van der Waals surface area contributed by atoms with Gasteiger partial charge in [-0.1, -0.05) is 47.7 Å². The Kier molecular flexibility index (Phi) is 8.93. The van der Waals surface area contributed by atoms with Gasteiger partial charge in [-0.25, -0.2) is 0 Å². The van der Waals surface area contributed by atoms with Gasteiger partial charge in [-0.15, -0.1) is 0 Å². The number of ether oxygens (including phenoxy) is 3. The molecule has 38 heavy (non-hydrogen) atoms. The van der Waals surface area contributed by atoms with Crippen LogP contribution >= 0.6 is 35.6 Å². The highest BCUT2D eigenvalue weighted by molar-refractivity contribution is 8.27. The van der Waals surface area contributed by atoms with E-state index in [0.717, 1.165) is 11.1 Å². The summed E-state index contributed by atoms with van der Waals surface area (Å²) in [5.74, 6) is 1.02. The predicted octanol–water partition coefficient (Wildman–Crippen LogP) is 6.48. The molecule has 1 N–H and O–H groups in total. The van der Waals surface area contributed by atoms with Gasteiger partial charge in [0.15, 0.2) is 22.4 Å². The Morgan fingerprint density at radius 3 is 2.53 bits per heavy atom. The van der Waals surface area contributed by atoms with Crippen LogP contribution in [0.25, 0.3) is 6.08 Å². The first-order valence-corrected chi connectivity index (χ1v) is 13.3. The van der Waals surface area contributed by atoms with E-state index < -0.39 is 0 Å². The number of carbonyl (C=O) groups excluding carboxylic acids is 2. The molecule has 0 atom stereocenters. The molecule has 3 aromatic rings. The number of hydrogen-bond acceptors (Lipinski definition) is 7. The summed E-state index contributed by atoms with van der Waals surface area (Å²) in [4.78, 5) is 27.5. The first kappa shape index (κ1) is 27.5. The molecule has 1 saturated heterocycles. The maximum absolute atomic E-state index is 13.2. The first-order valence-electron chi connectivity index (χ1n) is 11.7. The smallest absolute Gasteiger partial charge is 0.270 e. The second-order valence-electron chi connectivity index (χ2n) is 8.16. The number of methoxy groups -OCH3 is 1. The molecule has 7 nitrogen and oxygen atoms in total. The molecule has 1 aliphatic rings. The van der Waals surface area contributed by atoms with Crippen molar-refractivity contribution >= 4 is 69.2 Å². The molecule has 0 saturated carbocycles. The van der Waals surface area contributed by atoms with Crippen LogP contribution in [-0.4, -0.2) is 36.5 Å². The molecule has 0 aromatic heterocycles. The number of carbonyl (C=O) groups is 2. The number of anilines is 2. The number of thioether (sulfide) groups is 1. The van der Waals surface area contributed by atoms with Gasteiger partial charge in [0, 0.05) is 10.7 Å². The third kappa shape index (κ3) is 6.48. The highest BCUT2D eigenvalue weighted by Crippen LogP contribution is 2.38. The Balaban J connectivity index is 1.46. The largest absolute Gasteiger partial charge is 0.497 e. The van der Waals surface area contributed by atoms with E-state index in [0.29, 0.717) is 49.5 Å². The van der Waals surface area contributed by atoms with Crippen molar-refractivity contribution in [2.75, 3.05) is 30.5 Å². The molecule has 4 rings (SSSR count). The van der Waals surface area contributed by atoms with Gasteiger partial charge in [-0.3, -0.25) is 14.5 Å². The Morgan fingerprint density at radius 1 is 1.08 bits per heavy atom. The van der Waals surface area contributed by atoms with Gasteiger partial charge < -0.3 is 19.5 Å². The van der Waals surface area contributed by atoms with E-state index in [1.807, 2.05) is 26.0 Å². The maximum atomic E-state index is 13.2. The van der Waals surface area contributed by atoms with Gasteiger partial charge in [-0.2, -0.15) is 0 Å². The van der Waals surface area contributed by atoms with Crippen molar-refractivity contribution in [2.45, 2.75) is 13.8 Å². The number of thiocarbonyl (C=S) groups is 1. The summed E-state index contributed by atoms with van der Waals surface area (Å²) in [5, 5.41) is 3.34. The fourth-order valence-electron chi connectivity index (χ4n) is 3.58. The zero-order valence-electron chi connectivity index (χ0n) is 20.9. The monoisotopic (exact) mass is 568 g/mol. The minimum atomic E-state index is -0.318. The van der Waals surface area contributed by atoms with Crippen LogP contribution in [0.2, 0.25) is 5.02 Å². The molecule has 10 heteroatoms. The third-order valence-electron chi connectivity index (χ3n) is 5.51. The first-order chi connectivity index (χ1) is 18.3. The van der Waals surface area contributed by atoms with Crippen molar-refractivity contribution < 1.29 is 23.8 Å². The molecule has 196 valence electrons. The van der Waals surface area contributed by atoms with Gasteiger partial charge in [0.25, 0.3) is 11.8 Å². The summed E-state index contributed by atoms with van der Waals surface area (Å²) in [5.41, 5.74) is 2.90. The van der Waals surface area contributed by atoms with Crippen LogP contribution in [-0.2, 0) is 9.59 Å². The lowest BCUT2D eigenvalue weighted by Crippen LogP contribution is -2.27. The van der Waals surface area contributed by atoms with Gasteiger partial charge in [0.05, 0.1) is 24.3 Å². The lowest BCUT2D eigenvalue weighted by Gasteiger charge is -2.15. The number of aryl methyl sites for hydroxylation is 1. The zero-order valence-corrected chi connectivity index (χ0v) is 23.3. The molecular formula is C28H25ClN2O5S2. The lowest BCUT2D eigenvalue weighted by atomic mass is 10.1. The summed E-state index contributed by atoms with van der Waals surface area (Å²) in [6.45, 7) is 3.94. The second-order valence-corrected chi connectivity index (χ2v) is 10.2. The van der Waals surface area contributed by atoms with Crippen molar-refractivity contribution in [3.05, 3.63) is 81.7 Å². The minimum absolute atomic E-state index is 0.205. The van der Waals surface area contributed by atoms with E-state index in [1.54, 1.807) is 61.7 Å². The number of hydrogen-bond donors (Lipinski definition) is 1. The van der Waals surface area contributed by atoms with Crippen molar-refractivity contribution in [3.63, 3.8) is 0 Å². The summed E-state index contributed by atoms with van der Waals surface area (Å²) in [7, 11) is 1.58. The molecule has 0 aliphatic carbocycles. The van der Waals surface area contributed by atoms with E-state index in [1.165, 1.54) is 16.7 Å². The van der Waals surface area contributed by atoms with E-state index >= 15 is 0 Å². The highest BCUT2D eigenvalue weighted by Gasteiger charge is 2.33. The van der Waals surface area contributed by atoms with Crippen LogP contribution in [0.4, 0.5) is 11.4 Å². The average Bonchev–Trinajstić information content (AvgIpc) is 3.18. The Bertz CT molecular complexity index is 1410. The SMILES string of the molecule is CCOc1cc(/C=C2\SC(=S)N(c3ccc(C)c(Cl)c3)C2=O)ccc1OCC(=O)Nc1ccc(OC)cc1. The normalized spacial score (nSPS) is 14.1. The lowest BCUT2D eigenvalue weighted by molar-refractivity contribution is -0.118. The highest BCUT2D eigenvalue weighted by atomic mass is 35.5. The third-order valence-corrected chi connectivity index (χ3v) is 7.21. The van der Waals surface area contributed by atoms with Crippen LogP contribution in [0.1, 0.15) is 18.1 Å².